The number of hydrogen-bond donors (Lipinski definition) is 1. The maximum Gasteiger partial charge on any atom is 0.353 e. The van der Waals surface area contributed by atoms with Gasteiger partial charge in [0.15, 0.2) is 9.84 Å². The zero-order valence-electron chi connectivity index (χ0n) is 17.7. The minimum atomic E-state index is -3.34. The Morgan fingerprint density at radius 3 is 2.42 bits per heavy atom. The van der Waals surface area contributed by atoms with E-state index in [0.29, 0.717) is 24.0 Å². The van der Waals surface area contributed by atoms with Gasteiger partial charge in [-0.3, -0.25) is 10.1 Å². The molecule has 3 aromatic rings. The normalized spacial score (nSPS) is 14.8. The van der Waals surface area contributed by atoms with Gasteiger partial charge in [0, 0.05) is 36.5 Å². The number of piperidine rings is 1. The summed E-state index contributed by atoms with van der Waals surface area (Å²) in [7, 11) is -3.34. The van der Waals surface area contributed by atoms with Gasteiger partial charge in [-0.05, 0) is 43.2 Å². The molecule has 1 aromatic carbocycles. The Labute approximate surface area is 194 Å². The summed E-state index contributed by atoms with van der Waals surface area (Å²) in [6.07, 6.45) is 7.28. The number of sulfone groups is 1. The molecule has 0 bridgehead atoms. The van der Waals surface area contributed by atoms with E-state index in [1.165, 1.54) is 36.9 Å². The van der Waals surface area contributed by atoms with Crippen molar-refractivity contribution in [2.45, 2.75) is 28.0 Å². The third-order valence-electron chi connectivity index (χ3n) is 5.11. The van der Waals surface area contributed by atoms with Crippen molar-refractivity contribution >= 4 is 44.6 Å². The molecule has 0 aliphatic carbocycles. The minimum Gasteiger partial charge on any atom is -0.351 e. The molecule has 0 spiro atoms. The summed E-state index contributed by atoms with van der Waals surface area (Å²) in [5, 5.41) is 16.1. The molecule has 1 fully saturated rings. The van der Waals surface area contributed by atoms with Gasteiger partial charge in [0.1, 0.15) is 12.7 Å². The highest BCUT2D eigenvalue weighted by Gasteiger charge is 2.30. The van der Waals surface area contributed by atoms with Crippen LogP contribution in [-0.4, -0.2) is 57.9 Å². The van der Waals surface area contributed by atoms with Gasteiger partial charge in [0.25, 0.3) is 0 Å². The van der Waals surface area contributed by atoms with E-state index in [4.69, 9.17) is 0 Å². The number of nitrogens with zero attached hydrogens (tertiary/aromatic N) is 6. The Kier molecular flexibility index (Phi) is 6.70. The Morgan fingerprint density at radius 2 is 1.82 bits per heavy atom. The van der Waals surface area contributed by atoms with Crippen LogP contribution in [-0.2, 0) is 9.84 Å². The lowest BCUT2D eigenvalue weighted by Crippen LogP contribution is -2.36. The summed E-state index contributed by atoms with van der Waals surface area (Å²) in [5.41, 5.74) is 0.265. The molecule has 0 atom stereocenters. The first-order valence-electron chi connectivity index (χ1n) is 10.1. The topological polar surface area (TPSA) is 144 Å². The summed E-state index contributed by atoms with van der Waals surface area (Å²) < 4.78 is 23.3. The molecule has 172 valence electrons. The third-order valence-corrected chi connectivity index (χ3v) is 7.53. The molecule has 1 aliphatic heterocycles. The number of anilines is 3. The van der Waals surface area contributed by atoms with Crippen molar-refractivity contribution in [1.82, 2.24) is 19.9 Å². The maximum atomic E-state index is 11.9. The standard InChI is InChI=1S/C20H21N7O4S2/c1-33(30,31)16-4-2-14(3-5-16)25-19-18(27(28)29)20(24-13-23-19)26-10-7-15(8-11-26)32-17-6-9-21-12-22-17/h2-6,9,12-13,15H,7-8,10-11H2,1H3,(H,23,24,25). The van der Waals surface area contributed by atoms with Crippen LogP contribution in [0.4, 0.5) is 23.0 Å². The summed E-state index contributed by atoms with van der Waals surface area (Å²) in [5.74, 6) is 0.310. The van der Waals surface area contributed by atoms with Gasteiger partial charge in [-0.25, -0.2) is 28.4 Å². The Balaban J connectivity index is 1.50. The number of nitrogens with one attached hydrogen (secondary N) is 1. The van der Waals surface area contributed by atoms with Crippen molar-refractivity contribution < 1.29 is 13.3 Å². The highest BCUT2D eigenvalue weighted by molar-refractivity contribution is 7.99. The number of benzene rings is 1. The summed E-state index contributed by atoms with van der Waals surface area (Å²) in [4.78, 5) is 29.9. The van der Waals surface area contributed by atoms with E-state index in [-0.39, 0.29) is 22.2 Å². The van der Waals surface area contributed by atoms with E-state index in [9.17, 15) is 18.5 Å². The molecule has 3 heterocycles. The fourth-order valence-electron chi connectivity index (χ4n) is 3.49. The lowest BCUT2D eigenvalue weighted by atomic mass is 10.1. The first kappa shape index (κ1) is 22.9. The third kappa shape index (κ3) is 5.54. The molecule has 0 amide bonds. The van der Waals surface area contributed by atoms with E-state index >= 15 is 0 Å². The molecular weight excluding hydrogens is 466 g/mol. The smallest absolute Gasteiger partial charge is 0.351 e. The molecule has 0 radical (unpaired) electrons. The molecule has 1 N–H and O–H groups in total. The van der Waals surface area contributed by atoms with Crippen LogP contribution in [0.5, 0.6) is 0 Å². The number of nitro groups is 1. The second kappa shape index (κ2) is 9.67. The van der Waals surface area contributed by atoms with Crippen LogP contribution in [0, 0.1) is 10.1 Å². The van der Waals surface area contributed by atoms with E-state index in [2.05, 4.69) is 25.3 Å². The SMILES string of the molecule is CS(=O)(=O)c1ccc(Nc2ncnc(N3CCC(Sc4ccncn4)CC3)c2[N+](=O)[O-])cc1. The molecule has 1 aliphatic rings. The zero-order chi connectivity index (χ0) is 23.4. The van der Waals surface area contributed by atoms with Gasteiger partial charge in [-0.2, -0.15) is 0 Å². The van der Waals surface area contributed by atoms with Crippen LogP contribution in [0.25, 0.3) is 0 Å². The number of hydrogen-bond acceptors (Lipinski definition) is 11. The second-order valence-corrected chi connectivity index (χ2v) is 10.8. The van der Waals surface area contributed by atoms with Crippen molar-refractivity contribution in [3.8, 4) is 0 Å². The van der Waals surface area contributed by atoms with E-state index in [1.807, 2.05) is 11.0 Å². The van der Waals surface area contributed by atoms with Crippen molar-refractivity contribution in [1.29, 1.82) is 0 Å². The van der Waals surface area contributed by atoms with Crippen molar-refractivity contribution in [3.63, 3.8) is 0 Å². The van der Waals surface area contributed by atoms with Crippen molar-refractivity contribution in [2.24, 2.45) is 0 Å². The summed E-state index contributed by atoms with van der Waals surface area (Å²) >= 11 is 1.68. The molecular formula is C20H21N7O4S2. The van der Waals surface area contributed by atoms with Gasteiger partial charge in [0.05, 0.1) is 14.8 Å². The van der Waals surface area contributed by atoms with E-state index in [1.54, 1.807) is 18.0 Å². The minimum absolute atomic E-state index is 0.0505. The molecule has 11 nitrogen and oxygen atoms in total. The lowest BCUT2D eigenvalue weighted by Gasteiger charge is -2.32. The quantitative estimate of drug-likeness (QED) is 0.298. The van der Waals surface area contributed by atoms with Crippen molar-refractivity contribution in [3.05, 3.63) is 59.3 Å². The lowest BCUT2D eigenvalue weighted by molar-refractivity contribution is -0.383. The monoisotopic (exact) mass is 487 g/mol. The van der Waals surface area contributed by atoms with E-state index in [0.717, 1.165) is 24.1 Å². The first-order chi connectivity index (χ1) is 15.8. The molecule has 13 heteroatoms. The summed E-state index contributed by atoms with van der Waals surface area (Å²) in [6, 6.07) is 7.82. The molecule has 4 rings (SSSR count). The Morgan fingerprint density at radius 1 is 1.09 bits per heavy atom. The van der Waals surface area contributed by atoms with Gasteiger partial charge in [-0.15, -0.1) is 11.8 Å². The van der Waals surface area contributed by atoms with E-state index < -0.39 is 14.8 Å². The zero-order valence-corrected chi connectivity index (χ0v) is 19.3. The molecule has 0 saturated carbocycles. The van der Waals surface area contributed by atoms with Crippen LogP contribution in [0.2, 0.25) is 0 Å². The van der Waals surface area contributed by atoms with Gasteiger partial charge >= 0.3 is 5.69 Å². The largest absolute Gasteiger partial charge is 0.353 e. The highest BCUT2D eigenvalue weighted by atomic mass is 32.2. The Hall–Kier alpha value is -3.32. The predicted octanol–water partition coefficient (Wildman–Crippen LogP) is 3.08. The predicted molar refractivity (Wildman–Crippen MR) is 125 cm³/mol. The van der Waals surface area contributed by atoms with Crippen LogP contribution in [0.1, 0.15) is 12.8 Å². The molecule has 2 aromatic heterocycles. The second-order valence-electron chi connectivity index (χ2n) is 7.43. The fraction of sp³-hybridized carbons (Fsp3) is 0.300. The number of thioether (sulfide) groups is 1. The van der Waals surface area contributed by atoms with Crippen molar-refractivity contribution in [2.75, 3.05) is 29.6 Å². The molecule has 0 unspecified atom stereocenters. The van der Waals surface area contributed by atoms with Crippen LogP contribution < -0.4 is 10.2 Å². The van der Waals surface area contributed by atoms with Crippen LogP contribution >= 0.6 is 11.8 Å². The average molecular weight is 488 g/mol. The summed E-state index contributed by atoms with van der Waals surface area (Å²) in [6.45, 7) is 1.23. The number of aromatic nitrogens is 4. The molecule has 33 heavy (non-hydrogen) atoms. The average Bonchev–Trinajstić information content (AvgIpc) is 2.80. The van der Waals surface area contributed by atoms with Crippen LogP contribution in [0.3, 0.4) is 0 Å². The maximum absolute atomic E-state index is 11.9. The van der Waals surface area contributed by atoms with Gasteiger partial charge in [-0.1, -0.05) is 0 Å². The Bertz CT molecular complexity index is 1230. The molecule has 1 saturated heterocycles. The highest BCUT2D eigenvalue weighted by Crippen LogP contribution is 2.37. The first-order valence-corrected chi connectivity index (χ1v) is 12.8. The van der Waals surface area contributed by atoms with Crippen LogP contribution in [0.15, 0.2) is 59.1 Å². The number of rotatable bonds is 7. The fourth-order valence-corrected chi connectivity index (χ4v) is 5.15. The van der Waals surface area contributed by atoms with Gasteiger partial charge in [0.2, 0.25) is 11.6 Å². The van der Waals surface area contributed by atoms with Gasteiger partial charge < -0.3 is 10.2 Å².